The fourth-order valence-electron chi connectivity index (χ4n) is 2.89. The van der Waals surface area contributed by atoms with Gasteiger partial charge < -0.3 is 14.7 Å². The fourth-order valence-corrected chi connectivity index (χ4v) is 2.89. The van der Waals surface area contributed by atoms with Gasteiger partial charge in [0.2, 0.25) is 5.91 Å². The van der Waals surface area contributed by atoms with E-state index in [0.29, 0.717) is 24.5 Å². The van der Waals surface area contributed by atoms with E-state index in [1.165, 1.54) is 23.1 Å². The number of amides is 2. The van der Waals surface area contributed by atoms with Crippen LogP contribution < -0.4 is 9.64 Å². The number of benzene rings is 1. The van der Waals surface area contributed by atoms with Crippen molar-refractivity contribution >= 4 is 23.5 Å². The Labute approximate surface area is 133 Å². The largest absolute Gasteiger partial charge is 0.482 e. The van der Waals surface area contributed by atoms with Crippen LogP contribution in [-0.4, -0.2) is 54.0 Å². The molecule has 2 aliphatic rings. The molecular formula is C16H18N2O5. The van der Waals surface area contributed by atoms with Crippen LogP contribution in [0.25, 0.3) is 0 Å². The van der Waals surface area contributed by atoms with Crippen molar-refractivity contribution in [1.82, 2.24) is 4.90 Å². The quantitative estimate of drug-likeness (QED) is 0.902. The maximum Gasteiger partial charge on any atom is 0.335 e. The van der Waals surface area contributed by atoms with E-state index in [1.807, 2.05) is 0 Å². The monoisotopic (exact) mass is 318 g/mol. The molecule has 1 aromatic rings. The Kier molecular flexibility index (Phi) is 4.18. The maximum atomic E-state index is 12.4. The van der Waals surface area contributed by atoms with Crippen LogP contribution in [-0.2, 0) is 9.59 Å². The summed E-state index contributed by atoms with van der Waals surface area (Å²) in [6, 6.07) is 4.31. The fraction of sp³-hybridized carbons (Fsp3) is 0.438. The van der Waals surface area contributed by atoms with E-state index in [2.05, 4.69) is 0 Å². The van der Waals surface area contributed by atoms with Gasteiger partial charge in [0.25, 0.3) is 5.91 Å². The number of hydrogen-bond donors (Lipinski definition) is 1. The summed E-state index contributed by atoms with van der Waals surface area (Å²) in [4.78, 5) is 38.8. The minimum atomic E-state index is -1.09. The molecule has 0 aliphatic carbocycles. The number of aromatic carboxylic acids is 1. The van der Waals surface area contributed by atoms with Crippen molar-refractivity contribution in [2.45, 2.75) is 19.3 Å². The molecule has 1 aromatic carbocycles. The zero-order chi connectivity index (χ0) is 16.4. The molecule has 7 heteroatoms. The molecule has 1 fully saturated rings. The molecule has 7 nitrogen and oxygen atoms in total. The van der Waals surface area contributed by atoms with Crippen molar-refractivity contribution in [2.24, 2.45) is 0 Å². The van der Waals surface area contributed by atoms with Gasteiger partial charge in [-0.3, -0.25) is 14.5 Å². The van der Waals surface area contributed by atoms with Gasteiger partial charge in [-0.05, 0) is 37.5 Å². The number of ether oxygens (including phenoxy) is 1. The highest BCUT2D eigenvalue weighted by Gasteiger charge is 2.30. The molecule has 23 heavy (non-hydrogen) atoms. The van der Waals surface area contributed by atoms with Crippen LogP contribution in [0.1, 0.15) is 29.6 Å². The van der Waals surface area contributed by atoms with Crippen molar-refractivity contribution in [3.63, 3.8) is 0 Å². The smallest absolute Gasteiger partial charge is 0.335 e. The Hall–Kier alpha value is -2.57. The van der Waals surface area contributed by atoms with Crippen LogP contribution in [0.15, 0.2) is 18.2 Å². The molecule has 0 spiro atoms. The van der Waals surface area contributed by atoms with Gasteiger partial charge in [0, 0.05) is 13.1 Å². The van der Waals surface area contributed by atoms with Crippen LogP contribution in [0.3, 0.4) is 0 Å². The second kappa shape index (κ2) is 6.28. The summed E-state index contributed by atoms with van der Waals surface area (Å²) in [7, 11) is 0. The number of carboxylic acid groups (broad SMARTS) is 1. The molecule has 0 aromatic heterocycles. The van der Waals surface area contributed by atoms with Gasteiger partial charge in [0.1, 0.15) is 12.3 Å². The summed E-state index contributed by atoms with van der Waals surface area (Å²) in [6.07, 6.45) is 3.07. The van der Waals surface area contributed by atoms with Crippen LogP contribution in [0.4, 0.5) is 5.69 Å². The summed E-state index contributed by atoms with van der Waals surface area (Å²) in [5.74, 6) is -1.13. The number of likely N-dealkylation sites (tertiary alicyclic amines) is 1. The SMILES string of the molecule is O=C(O)c1ccc2c(c1)N(CC(=O)N1CCCCC1)C(=O)CO2. The third-order valence-electron chi connectivity index (χ3n) is 4.15. The van der Waals surface area contributed by atoms with Crippen LogP contribution in [0.2, 0.25) is 0 Å². The number of nitrogens with zero attached hydrogens (tertiary/aromatic N) is 2. The van der Waals surface area contributed by atoms with Crippen LogP contribution in [0.5, 0.6) is 5.75 Å². The predicted octanol–water partition coefficient (Wildman–Crippen LogP) is 1.12. The first kappa shape index (κ1) is 15.3. The molecule has 122 valence electrons. The highest BCUT2D eigenvalue weighted by molar-refractivity contribution is 6.03. The molecule has 0 radical (unpaired) electrons. The normalized spacial score (nSPS) is 17.5. The van der Waals surface area contributed by atoms with Gasteiger partial charge >= 0.3 is 5.97 Å². The van der Waals surface area contributed by atoms with E-state index in [0.717, 1.165) is 19.3 Å². The summed E-state index contributed by atoms with van der Waals surface area (Å²) < 4.78 is 5.32. The zero-order valence-corrected chi connectivity index (χ0v) is 12.7. The molecule has 1 N–H and O–H groups in total. The van der Waals surface area contributed by atoms with Gasteiger partial charge in [-0.25, -0.2) is 4.79 Å². The average Bonchev–Trinajstić information content (AvgIpc) is 2.57. The van der Waals surface area contributed by atoms with Gasteiger partial charge in [-0.1, -0.05) is 0 Å². The zero-order valence-electron chi connectivity index (χ0n) is 12.7. The number of anilines is 1. The topological polar surface area (TPSA) is 87.2 Å². The number of rotatable bonds is 3. The van der Waals surface area contributed by atoms with Crippen LogP contribution >= 0.6 is 0 Å². The minimum absolute atomic E-state index is 0.0532. The molecule has 3 rings (SSSR count). The number of carbonyl (C=O) groups is 3. The maximum absolute atomic E-state index is 12.4. The van der Waals surface area contributed by atoms with E-state index in [4.69, 9.17) is 9.84 Å². The molecule has 2 aliphatic heterocycles. The van der Waals surface area contributed by atoms with Crippen molar-refractivity contribution < 1.29 is 24.2 Å². The third-order valence-corrected chi connectivity index (χ3v) is 4.15. The molecule has 0 atom stereocenters. The van der Waals surface area contributed by atoms with Crippen LogP contribution in [0, 0.1) is 0 Å². The van der Waals surface area contributed by atoms with E-state index >= 15 is 0 Å². The number of fused-ring (bicyclic) bond motifs is 1. The molecule has 0 unspecified atom stereocenters. The molecule has 0 bridgehead atoms. The summed E-state index contributed by atoms with van der Waals surface area (Å²) in [5.41, 5.74) is 0.393. The average molecular weight is 318 g/mol. The lowest BCUT2D eigenvalue weighted by atomic mass is 10.1. The van der Waals surface area contributed by atoms with E-state index < -0.39 is 5.97 Å². The highest BCUT2D eigenvalue weighted by Crippen LogP contribution is 2.33. The standard InChI is InChI=1S/C16H18N2O5/c19-14(17-6-2-1-3-7-17)9-18-12-8-11(16(21)22)4-5-13(12)23-10-15(18)20/h4-5,8H,1-3,6-7,9-10H2,(H,21,22). The van der Waals surface area contributed by atoms with E-state index in [9.17, 15) is 14.4 Å². The van der Waals surface area contributed by atoms with Gasteiger partial charge in [0.15, 0.2) is 6.61 Å². The van der Waals surface area contributed by atoms with Crippen molar-refractivity contribution in [1.29, 1.82) is 0 Å². The van der Waals surface area contributed by atoms with Gasteiger partial charge in [0.05, 0.1) is 11.3 Å². The summed E-state index contributed by atoms with van der Waals surface area (Å²) >= 11 is 0. The van der Waals surface area contributed by atoms with Crippen molar-refractivity contribution in [3.05, 3.63) is 23.8 Å². The van der Waals surface area contributed by atoms with Crippen molar-refractivity contribution in [2.75, 3.05) is 31.1 Å². The Morgan fingerprint density at radius 2 is 1.91 bits per heavy atom. The Balaban J connectivity index is 1.84. The molecule has 2 amide bonds. The van der Waals surface area contributed by atoms with Gasteiger partial charge in [-0.2, -0.15) is 0 Å². The second-order valence-corrected chi connectivity index (χ2v) is 5.70. The third kappa shape index (κ3) is 3.13. The summed E-state index contributed by atoms with van der Waals surface area (Å²) in [6.45, 7) is 1.18. The first-order valence-corrected chi connectivity index (χ1v) is 7.64. The Morgan fingerprint density at radius 1 is 1.17 bits per heavy atom. The lowest BCUT2D eigenvalue weighted by molar-refractivity contribution is -0.132. The Bertz CT molecular complexity index is 652. The highest BCUT2D eigenvalue weighted by atomic mass is 16.5. The first-order valence-electron chi connectivity index (χ1n) is 7.64. The number of carboxylic acids is 1. The number of hydrogen-bond acceptors (Lipinski definition) is 4. The number of piperidine rings is 1. The lowest BCUT2D eigenvalue weighted by Crippen LogP contribution is -2.47. The van der Waals surface area contributed by atoms with E-state index in [-0.39, 0.29) is 30.5 Å². The lowest BCUT2D eigenvalue weighted by Gasteiger charge is -2.32. The second-order valence-electron chi connectivity index (χ2n) is 5.70. The first-order chi connectivity index (χ1) is 11.1. The molecule has 0 saturated carbocycles. The predicted molar refractivity (Wildman–Crippen MR) is 81.7 cm³/mol. The summed E-state index contributed by atoms with van der Waals surface area (Å²) in [5, 5.41) is 9.10. The molecular weight excluding hydrogens is 300 g/mol. The molecule has 2 heterocycles. The minimum Gasteiger partial charge on any atom is -0.482 e. The molecule has 1 saturated heterocycles. The van der Waals surface area contributed by atoms with Crippen molar-refractivity contribution in [3.8, 4) is 5.75 Å². The van der Waals surface area contributed by atoms with Gasteiger partial charge in [-0.15, -0.1) is 0 Å². The van der Waals surface area contributed by atoms with E-state index in [1.54, 1.807) is 4.90 Å². The number of carbonyl (C=O) groups excluding carboxylic acids is 2. The Morgan fingerprint density at radius 3 is 2.61 bits per heavy atom.